The van der Waals surface area contributed by atoms with Crippen molar-refractivity contribution in [1.82, 2.24) is 4.31 Å². The van der Waals surface area contributed by atoms with E-state index in [1.165, 1.54) is 6.07 Å². The molecule has 1 aromatic rings. The number of sulfonamides is 1. The zero-order chi connectivity index (χ0) is 14.6. The van der Waals surface area contributed by atoms with E-state index in [4.69, 9.17) is 10.9 Å². The van der Waals surface area contributed by atoms with E-state index in [1.807, 2.05) is 0 Å². The molecule has 19 heavy (non-hydrogen) atoms. The number of amidine groups is 1. The zero-order valence-corrected chi connectivity index (χ0v) is 10.8. The molecule has 3 N–H and O–H groups in total. The fourth-order valence-corrected chi connectivity index (χ4v) is 1.97. The van der Waals surface area contributed by atoms with Crippen LogP contribution in [0.15, 0.2) is 29.4 Å². The zero-order valence-electron chi connectivity index (χ0n) is 9.99. The molecule has 0 unspecified atom stereocenters. The molecule has 0 atom stereocenters. The van der Waals surface area contributed by atoms with Crippen LogP contribution in [0.25, 0.3) is 0 Å². The van der Waals surface area contributed by atoms with Crippen molar-refractivity contribution < 1.29 is 22.4 Å². The number of nitrogens with zero attached hydrogens (tertiary/aromatic N) is 2. The lowest BCUT2D eigenvalue weighted by Crippen LogP contribution is -2.31. The largest absolute Gasteiger partial charge is 0.409 e. The molecule has 0 bridgehead atoms. The molecule has 0 aliphatic carbocycles. The average molecular weight is 293 g/mol. The second kappa shape index (κ2) is 5.93. The third-order valence-electron chi connectivity index (χ3n) is 2.40. The quantitative estimate of drug-likeness (QED) is 0.363. The Hall–Kier alpha value is -1.74. The maximum atomic E-state index is 12.3. The third kappa shape index (κ3) is 3.61. The fraction of sp³-hybridized carbons (Fsp3) is 0.300. The summed E-state index contributed by atoms with van der Waals surface area (Å²) in [5.74, 6) is -3.62. The van der Waals surface area contributed by atoms with Crippen LogP contribution in [0.3, 0.4) is 0 Å². The molecule has 0 aliphatic rings. The van der Waals surface area contributed by atoms with Crippen LogP contribution in [-0.2, 0) is 16.6 Å². The number of rotatable bonds is 5. The molecule has 0 aromatic heterocycles. The number of hydrogen-bond donors (Lipinski definition) is 2. The molecule has 0 saturated carbocycles. The van der Waals surface area contributed by atoms with Crippen molar-refractivity contribution in [2.75, 3.05) is 7.05 Å². The Balaban J connectivity index is 2.95. The topological polar surface area (TPSA) is 96.0 Å². The molecular formula is C10H13F2N3O3S. The van der Waals surface area contributed by atoms with Gasteiger partial charge in [0.05, 0.1) is 0 Å². The van der Waals surface area contributed by atoms with Gasteiger partial charge in [-0.3, -0.25) is 0 Å². The van der Waals surface area contributed by atoms with Gasteiger partial charge in [-0.15, -0.1) is 0 Å². The van der Waals surface area contributed by atoms with Gasteiger partial charge < -0.3 is 10.9 Å². The first-order valence-electron chi connectivity index (χ1n) is 5.09. The van der Waals surface area contributed by atoms with E-state index in [0.29, 0.717) is 15.4 Å². The Kier molecular flexibility index (Phi) is 4.78. The number of halogens is 2. The number of nitrogens with two attached hydrogens (primary N) is 1. The van der Waals surface area contributed by atoms with Crippen LogP contribution in [0, 0.1) is 0 Å². The SMILES string of the molecule is CN(Cc1cccc(C(N)=NO)c1)S(=O)(=O)C(F)F. The first-order valence-corrected chi connectivity index (χ1v) is 6.59. The molecule has 0 aliphatic heterocycles. The van der Waals surface area contributed by atoms with Gasteiger partial charge in [0.15, 0.2) is 5.84 Å². The van der Waals surface area contributed by atoms with Crippen LogP contribution in [0.2, 0.25) is 0 Å². The summed E-state index contributed by atoms with van der Waals surface area (Å²) < 4.78 is 47.6. The summed E-state index contributed by atoms with van der Waals surface area (Å²) >= 11 is 0. The van der Waals surface area contributed by atoms with Gasteiger partial charge in [0.25, 0.3) is 10.0 Å². The van der Waals surface area contributed by atoms with Crippen LogP contribution in [0.1, 0.15) is 11.1 Å². The molecule has 9 heteroatoms. The summed E-state index contributed by atoms with van der Waals surface area (Å²) in [4.78, 5) is 0. The highest BCUT2D eigenvalue weighted by Crippen LogP contribution is 2.14. The Morgan fingerprint density at radius 1 is 1.53 bits per heavy atom. The van der Waals surface area contributed by atoms with Crippen LogP contribution >= 0.6 is 0 Å². The van der Waals surface area contributed by atoms with E-state index in [2.05, 4.69) is 5.16 Å². The summed E-state index contributed by atoms with van der Waals surface area (Å²) in [6.07, 6.45) is 0. The van der Waals surface area contributed by atoms with E-state index >= 15 is 0 Å². The van der Waals surface area contributed by atoms with Gasteiger partial charge in [-0.25, -0.2) is 8.42 Å². The lowest BCUT2D eigenvalue weighted by atomic mass is 10.1. The van der Waals surface area contributed by atoms with E-state index in [-0.39, 0.29) is 12.4 Å². The van der Waals surface area contributed by atoms with E-state index in [0.717, 1.165) is 7.05 Å². The maximum Gasteiger partial charge on any atom is 0.350 e. The van der Waals surface area contributed by atoms with Crippen molar-refractivity contribution >= 4 is 15.9 Å². The van der Waals surface area contributed by atoms with E-state index in [1.54, 1.807) is 18.2 Å². The number of hydrogen-bond acceptors (Lipinski definition) is 4. The second-order valence-electron chi connectivity index (χ2n) is 3.75. The van der Waals surface area contributed by atoms with Gasteiger partial charge in [-0.05, 0) is 11.6 Å². The molecule has 0 heterocycles. The molecule has 0 fully saturated rings. The smallest absolute Gasteiger partial charge is 0.350 e. The van der Waals surface area contributed by atoms with Gasteiger partial charge in [-0.1, -0.05) is 23.4 Å². The van der Waals surface area contributed by atoms with E-state index in [9.17, 15) is 17.2 Å². The molecule has 0 spiro atoms. The predicted molar refractivity (Wildman–Crippen MR) is 65.3 cm³/mol. The first kappa shape index (κ1) is 15.3. The minimum Gasteiger partial charge on any atom is -0.409 e. The summed E-state index contributed by atoms with van der Waals surface area (Å²) in [7, 11) is -3.57. The lowest BCUT2D eigenvalue weighted by molar-refractivity contribution is 0.222. The standard InChI is InChI=1S/C10H13F2N3O3S/c1-15(19(17,18)10(11)12)6-7-3-2-4-8(5-7)9(13)14-16/h2-5,10,16H,6H2,1H3,(H2,13,14). The Morgan fingerprint density at radius 3 is 2.68 bits per heavy atom. The van der Waals surface area contributed by atoms with Crippen LogP contribution < -0.4 is 5.73 Å². The molecular weight excluding hydrogens is 280 g/mol. The molecule has 1 rings (SSSR count). The van der Waals surface area contributed by atoms with Crippen LogP contribution in [0.4, 0.5) is 8.78 Å². The number of oxime groups is 1. The first-order chi connectivity index (χ1) is 8.78. The third-order valence-corrected chi connectivity index (χ3v) is 3.84. The Labute approximate surface area is 109 Å². The van der Waals surface area contributed by atoms with Gasteiger partial charge in [0, 0.05) is 19.2 Å². The van der Waals surface area contributed by atoms with Gasteiger partial charge >= 0.3 is 5.76 Å². The van der Waals surface area contributed by atoms with Crippen molar-refractivity contribution in [2.24, 2.45) is 10.9 Å². The number of alkyl halides is 2. The Morgan fingerprint density at radius 2 is 2.16 bits per heavy atom. The summed E-state index contributed by atoms with van der Waals surface area (Å²) in [6, 6.07) is 6.09. The van der Waals surface area contributed by atoms with E-state index < -0.39 is 15.8 Å². The van der Waals surface area contributed by atoms with Crippen molar-refractivity contribution in [1.29, 1.82) is 0 Å². The van der Waals surface area contributed by atoms with Gasteiger partial charge in [-0.2, -0.15) is 13.1 Å². The lowest BCUT2D eigenvalue weighted by Gasteiger charge is -2.16. The highest BCUT2D eigenvalue weighted by molar-refractivity contribution is 7.89. The molecule has 6 nitrogen and oxygen atoms in total. The summed E-state index contributed by atoms with van der Waals surface area (Å²) in [5, 5.41) is 11.3. The number of benzene rings is 1. The molecule has 106 valence electrons. The summed E-state index contributed by atoms with van der Waals surface area (Å²) in [5.41, 5.74) is 6.18. The monoisotopic (exact) mass is 293 g/mol. The minimum atomic E-state index is -4.62. The van der Waals surface area contributed by atoms with Crippen molar-refractivity contribution in [3.8, 4) is 0 Å². The molecule has 0 amide bonds. The second-order valence-corrected chi connectivity index (χ2v) is 5.76. The van der Waals surface area contributed by atoms with Crippen LogP contribution in [-0.4, -0.2) is 36.6 Å². The van der Waals surface area contributed by atoms with Gasteiger partial charge in [0.1, 0.15) is 0 Å². The predicted octanol–water partition coefficient (Wildman–Crippen LogP) is 0.765. The fourth-order valence-electron chi connectivity index (χ4n) is 1.37. The minimum absolute atomic E-state index is 0.152. The van der Waals surface area contributed by atoms with Crippen molar-refractivity contribution in [3.05, 3.63) is 35.4 Å². The maximum absolute atomic E-state index is 12.3. The Bertz CT molecular complexity index is 575. The van der Waals surface area contributed by atoms with Crippen molar-refractivity contribution in [2.45, 2.75) is 12.3 Å². The highest BCUT2D eigenvalue weighted by Gasteiger charge is 2.29. The highest BCUT2D eigenvalue weighted by atomic mass is 32.2. The van der Waals surface area contributed by atoms with Crippen LogP contribution in [0.5, 0.6) is 0 Å². The molecule has 0 saturated heterocycles. The average Bonchev–Trinajstić information content (AvgIpc) is 2.37. The van der Waals surface area contributed by atoms with Crippen molar-refractivity contribution in [3.63, 3.8) is 0 Å². The normalized spacial score (nSPS) is 13.2. The molecule has 0 radical (unpaired) electrons. The summed E-state index contributed by atoms with van der Waals surface area (Å²) in [6.45, 7) is -0.237. The molecule has 1 aromatic carbocycles. The van der Waals surface area contributed by atoms with Gasteiger partial charge in [0.2, 0.25) is 0 Å².